The van der Waals surface area contributed by atoms with Gasteiger partial charge >= 0.3 is 5.97 Å². The molecule has 0 N–H and O–H groups in total. The number of para-hydroxylation sites is 2. The smallest absolute Gasteiger partial charge is 0.311 e. The van der Waals surface area contributed by atoms with E-state index in [1.807, 2.05) is 0 Å². The number of fused-ring (bicyclic) bond motifs is 1. The van der Waals surface area contributed by atoms with E-state index in [-0.39, 0.29) is 45.0 Å². The van der Waals surface area contributed by atoms with Crippen LogP contribution in [0, 0.1) is 11.8 Å². The van der Waals surface area contributed by atoms with Crippen molar-refractivity contribution in [3.05, 3.63) is 24.3 Å². The van der Waals surface area contributed by atoms with Crippen LogP contribution in [-0.4, -0.2) is 27.4 Å². The van der Waals surface area contributed by atoms with Gasteiger partial charge in [-0.1, -0.05) is 89.4 Å². The van der Waals surface area contributed by atoms with Gasteiger partial charge in [-0.3, -0.25) is 14.4 Å². The number of anilines is 1. The molecule has 0 bridgehead atoms. The number of carbonyl (C=O) groups is 3. The summed E-state index contributed by atoms with van der Waals surface area (Å²) >= 11 is 7.22. The first-order chi connectivity index (χ1) is 14.9. The van der Waals surface area contributed by atoms with Crippen molar-refractivity contribution in [2.75, 3.05) is 4.90 Å². The molecule has 2 aliphatic rings. The molecule has 1 saturated heterocycles. The van der Waals surface area contributed by atoms with Crippen molar-refractivity contribution in [1.29, 1.82) is 0 Å². The van der Waals surface area contributed by atoms with Crippen molar-refractivity contribution >= 4 is 55.3 Å². The van der Waals surface area contributed by atoms with E-state index in [1.165, 1.54) is 30.6 Å². The summed E-state index contributed by atoms with van der Waals surface area (Å²) in [7, 11) is 0. The molecule has 5 nitrogen and oxygen atoms in total. The number of hydrogen-bond acceptors (Lipinski definition) is 4. The second-order valence-electron chi connectivity index (χ2n) is 8.54. The molecule has 3 rings (SSSR count). The molecule has 1 saturated carbocycles. The first-order valence-corrected chi connectivity index (χ1v) is 13.2. The Balaban J connectivity index is 1.61. The zero-order chi connectivity index (χ0) is 22.4. The van der Waals surface area contributed by atoms with Crippen molar-refractivity contribution < 1.29 is 19.1 Å². The summed E-state index contributed by atoms with van der Waals surface area (Å²) in [6.07, 6.45) is 9.44. The van der Waals surface area contributed by atoms with Crippen molar-refractivity contribution in [2.45, 2.75) is 80.8 Å². The highest BCUT2D eigenvalue weighted by molar-refractivity contribution is 9.12. The molecule has 2 fully saturated rings. The van der Waals surface area contributed by atoms with E-state index in [9.17, 15) is 14.4 Å². The lowest BCUT2D eigenvalue weighted by atomic mass is 9.81. The number of alkyl halides is 2. The predicted molar refractivity (Wildman–Crippen MR) is 129 cm³/mol. The molecule has 7 heteroatoms. The zero-order valence-electron chi connectivity index (χ0n) is 18.0. The third kappa shape index (κ3) is 5.98. The SMILES string of the molecule is CCCCCCCCCC(=O)Oc1ccccc1N1C(=O)[C@@H]2C[C@@H](Br)[C@@H](Br)C[C@H]2C1=O. The normalized spacial score (nSPS) is 25.6. The maximum Gasteiger partial charge on any atom is 0.311 e. The topological polar surface area (TPSA) is 63.7 Å². The third-order valence-electron chi connectivity index (χ3n) is 6.23. The first-order valence-electron chi connectivity index (χ1n) is 11.4. The Kier molecular flexibility index (Phi) is 9.14. The molecule has 1 aromatic rings. The van der Waals surface area contributed by atoms with Crippen molar-refractivity contribution in [3.63, 3.8) is 0 Å². The Morgan fingerprint density at radius 3 is 2.10 bits per heavy atom. The first kappa shape index (κ1) is 24.4. The molecule has 1 aliphatic heterocycles. The molecular weight excluding hydrogens is 526 g/mol. The number of rotatable bonds is 10. The van der Waals surface area contributed by atoms with E-state index >= 15 is 0 Å². The molecule has 0 spiro atoms. The number of halogens is 2. The van der Waals surface area contributed by atoms with E-state index in [0.717, 1.165) is 19.3 Å². The highest BCUT2D eigenvalue weighted by atomic mass is 79.9. The van der Waals surface area contributed by atoms with Gasteiger partial charge in [0, 0.05) is 16.1 Å². The van der Waals surface area contributed by atoms with Crippen LogP contribution in [0.2, 0.25) is 0 Å². The lowest BCUT2D eigenvalue weighted by Gasteiger charge is -2.29. The van der Waals surface area contributed by atoms with Crippen LogP contribution in [0.3, 0.4) is 0 Å². The Bertz CT molecular complexity index is 772. The van der Waals surface area contributed by atoms with Gasteiger partial charge in [-0.2, -0.15) is 0 Å². The van der Waals surface area contributed by atoms with Crippen LogP contribution < -0.4 is 9.64 Å². The van der Waals surface area contributed by atoms with Crippen molar-refractivity contribution in [2.24, 2.45) is 11.8 Å². The Hall–Kier alpha value is -1.21. The van der Waals surface area contributed by atoms with Gasteiger partial charge in [0.05, 0.1) is 17.5 Å². The number of esters is 1. The number of amides is 2. The minimum absolute atomic E-state index is 0.153. The number of hydrogen-bond donors (Lipinski definition) is 0. The fraction of sp³-hybridized carbons (Fsp3) is 0.625. The van der Waals surface area contributed by atoms with E-state index in [2.05, 4.69) is 38.8 Å². The number of unbranched alkanes of at least 4 members (excludes halogenated alkanes) is 6. The monoisotopic (exact) mass is 555 g/mol. The third-order valence-corrected chi connectivity index (χ3v) is 8.96. The van der Waals surface area contributed by atoms with Gasteiger partial charge in [0.15, 0.2) is 5.75 Å². The largest absolute Gasteiger partial charge is 0.424 e. The maximum absolute atomic E-state index is 13.1. The van der Waals surface area contributed by atoms with E-state index < -0.39 is 0 Å². The summed E-state index contributed by atoms with van der Waals surface area (Å²) in [4.78, 5) is 40.1. The predicted octanol–water partition coefficient (Wildman–Crippen LogP) is 6.16. The standard InChI is InChI=1S/C24H31Br2NO4/c1-2-3-4-5-6-7-8-13-22(28)31-21-12-10-9-11-20(21)27-23(29)16-14-18(25)19(26)15-17(16)24(27)30/h9-12,16-19H,2-8,13-15H2,1H3/t16-,17-,18-,19+/m1/s1. The molecule has 1 aromatic carbocycles. The Morgan fingerprint density at radius 2 is 1.48 bits per heavy atom. The maximum atomic E-state index is 13.1. The molecule has 2 amide bonds. The summed E-state index contributed by atoms with van der Waals surface area (Å²) in [5.74, 6) is -1.10. The number of carbonyl (C=O) groups excluding carboxylic acids is 3. The second kappa shape index (κ2) is 11.6. The van der Waals surface area contributed by atoms with Crippen molar-refractivity contribution in [3.8, 4) is 5.75 Å². The zero-order valence-corrected chi connectivity index (χ0v) is 21.2. The number of imide groups is 1. The summed E-state index contributed by atoms with van der Waals surface area (Å²) in [6.45, 7) is 2.20. The highest BCUT2D eigenvalue weighted by Crippen LogP contribution is 2.45. The van der Waals surface area contributed by atoms with Gasteiger partial charge in [-0.15, -0.1) is 0 Å². The van der Waals surface area contributed by atoms with E-state index in [4.69, 9.17) is 4.74 Å². The summed E-state index contributed by atoms with van der Waals surface area (Å²) in [5, 5.41) is 0. The van der Waals surface area contributed by atoms with Gasteiger partial charge in [-0.25, -0.2) is 4.90 Å². The Labute approximate surface area is 201 Å². The highest BCUT2D eigenvalue weighted by Gasteiger charge is 2.52. The molecule has 31 heavy (non-hydrogen) atoms. The quantitative estimate of drug-likeness (QED) is 0.114. The fourth-order valence-corrected chi connectivity index (χ4v) is 5.70. The minimum atomic E-state index is -0.331. The van der Waals surface area contributed by atoms with Crippen LogP contribution in [0.5, 0.6) is 5.75 Å². The number of benzene rings is 1. The van der Waals surface area contributed by atoms with Gasteiger partial charge in [0.25, 0.3) is 0 Å². The molecule has 0 aromatic heterocycles. The van der Waals surface area contributed by atoms with E-state index in [0.29, 0.717) is 24.9 Å². The molecule has 0 radical (unpaired) electrons. The fourth-order valence-electron chi connectivity index (χ4n) is 4.46. The molecule has 1 heterocycles. The summed E-state index contributed by atoms with van der Waals surface area (Å²) in [5.41, 5.74) is 0.372. The van der Waals surface area contributed by atoms with Gasteiger partial charge in [0.2, 0.25) is 11.8 Å². The Morgan fingerprint density at radius 1 is 0.935 bits per heavy atom. The second-order valence-corrected chi connectivity index (χ2v) is 10.9. The molecule has 1 aliphatic carbocycles. The lowest BCUT2D eigenvalue weighted by molar-refractivity contribution is -0.134. The van der Waals surface area contributed by atoms with Crippen LogP contribution in [0.25, 0.3) is 0 Å². The molecule has 4 atom stereocenters. The number of nitrogens with zero attached hydrogens (tertiary/aromatic N) is 1. The average molecular weight is 557 g/mol. The van der Waals surface area contributed by atoms with Crippen LogP contribution in [0.4, 0.5) is 5.69 Å². The lowest BCUT2D eigenvalue weighted by Crippen LogP contribution is -2.34. The average Bonchev–Trinajstić information content (AvgIpc) is 2.98. The van der Waals surface area contributed by atoms with Crippen LogP contribution in [-0.2, 0) is 14.4 Å². The van der Waals surface area contributed by atoms with Gasteiger partial charge in [0.1, 0.15) is 0 Å². The summed E-state index contributed by atoms with van der Waals surface area (Å²) < 4.78 is 5.59. The van der Waals surface area contributed by atoms with Gasteiger partial charge < -0.3 is 4.74 Å². The van der Waals surface area contributed by atoms with Crippen LogP contribution >= 0.6 is 31.9 Å². The minimum Gasteiger partial charge on any atom is -0.424 e. The van der Waals surface area contributed by atoms with Gasteiger partial charge in [-0.05, 0) is 31.4 Å². The molecule has 0 unspecified atom stereocenters. The van der Waals surface area contributed by atoms with Crippen LogP contribution in [0.1, 0.15) is 71.1 Å². The van der Waals surface area contributed by atoms with Crippen molar-refractivity contribution in [1.82, 2.24) is 0 Å². The summed E-state index contributed by atoms with van der Waals surface area (Å²) in [6, 6.07) is 6.84. The van der Waals surface area contributed by atoms with Crippen LogP contribution in [0.15, 0.2) is 24.3 Å². The van der Waals surface area contributed by atoms with E-state index in [1.54, 1.807) is 24.3 Å². The molecule has 170 valence electrons. The number of ether oxygens (including phenoxy) is 1. The molecular formula is C24H31Br2NO4.